The fraction of sp³-hybridized carbons (Fsp3) is 0.111. The normalized spacial score (nSPS) is 14.9. The Balaban J connectivity index is 1.38. The van der Waals surface area contributed by atoms with Gasteiger partial charge in [0.15, 0.2) is 0 Å². The Hall–Kier alpha value is -4.46. The molecule has 2 unspecified atom stereocenters. The molecule has 0 bridgehead atoms. The minimum absolute atomic E-state index is 0.0584. The molecule has 2 aromatic heterocycles. The third-order valence-electron chi connectivity index (χ3n) is 7.83. The summed E-state index contributed by atoms with van der Waals surface area (Å²) in [5.41, 5.74) is 4.40. The summed E-state index contributed by atoms with van der Waals surface area (Å²) < 4.78 is 4.40. The first-order valence-electron chi connectivity index (χ1n) is 14.2. The van der Waals surface area contributed by atoms with Gasteiger partial charge in [-0.15, -0.1) is 23.5 Å². The summed E-state index contributed by atoms with van der Waals surface area (Å²) in [6.07, 6.45) is 4.07. The molecular formula is C36H29N3O2S2. The van der Waals surface area contributed by atoms with Crippen molar-refractivity contribution in [2.24, 2.45) is 0 Å². The van der Waals surface area contributed by atoms with Crippen molar-refractivity contribution in [1.29, 1.82) is 0 Å². The van der Waals surface area contributed by atoms with Gasteiger partial charge >= 0.3 is 0 Å². The van der Waals surface area contributed by atoms with Crippen molar-refractivity contribution < 1.29 is 9.59 Å². The molecule has 0 aliphatic carbocycles. The van der Waals surface area contributed by atoms with Crippen LogP contribution in [0.25, 0.3) is 33.0 Å². The van der Waals surface area contributed by atoms with E-state index < -0.39 is 0 Å². The molecule has 7 heteroatoms. The van der Waals surface area contributed by atoms with Crippen molar-refractivity contribution in [1.82, 2.24) is 14.5 Å². The number of nitrogens with one attached hydrogen (secondary N) is 1. The lowest BCUT2D eigenvalue weighted by atomic mass is 9.95. The fourth-order valence-electron chi connectivity index (χ4n) is 5.88. The van der Waals surface area contributed by atoms with E-state index in [1.54, 1.807) is 23.5 Å². The lowest BCUT2D eigenvalue weighted by Gasteiger charge is -2.15. The van der Waals surface area contributed by atoms with Gasteiger partial charge in [-0.1, -0.05) is 72.8 Å². The van der Waals surface area contributed by atoms with E-state index in [0.717, 1.165) is 32.9 Å². The van der Waals surface area contributed by atoms with Crippen LogP contribution in [0.3, 0.4) is 0 Å². The van der Waals surface area contributed by atoms with Gasteiger partial charge in [0, 0.05) is 55.1 Å². The van der Waals surface area contributed by atoms with E-state index in [1.165, 1.54) is 9.79 Å². The lowest BCUT2D eigenvalue weighted by molar-refractivity contribution is -0.122. The molecule has 43 heavy (non-hydrogen) atoms. The monoisotopic (exact) mass is 599 g/mol. The molecule has 212 valence electrons. The second-order valence-electron chi connectivity index (χ2n) is 10.5. The molecule has 1 aliphatic heterocycles. The predicted molar refractivity (Wildman–Crippen MR) is 178 cm³/mol. The number of nitrogens with zero attached hydrogens (tertiary/aromatic N) is 2. The molecule has 1 N–H and O–H groups in total. The van der Waals surface area contributed by atoms with E-state index in [4.69, 9.17) is 0 Å². The maximum atomic E-state index is 13.6. The highest BCUT2D eigenvalue weighted by atomic mass is 32.2. The third-order valence-corrected chi connectivity index (χ3v) is 10.1. The zero-order valence-electron chi connectivity index (χ0n) is 23.7. The molecule has 4 aromatic carbocycles. The Labute approximate surface area is 258 Å². The van der Waals surface area contributed by atoms with E-state index in [0.29, 0.717) is 11.1 Å². The molecule has 1 aliphatic rings. The summed E-state index contributed by atoms with van der Waals surface area (Å²) in [7, 11) is 0. The fourth-order valence-corrected chi connectivity index (χ4v) is 7.88. The van der Waals surface area contributed by atoms with Crippen LogP contribution in [0.5, 0.6) is 0 Å². The molecule has 5 nitrogen and oxygen atoms in total. The number of carbonyl (C=O) groups is 2. The van der Waals surface area contributed by atoms with Crippen molar-refractivity contribution >= 4 is 68.3 Å². The number of aromatic nitrogens is 2. The summed E-state index contributed by atoms with van der Waals surface area (Å²) in [6, 6.07) is 36.8. The molecule has 2 amide bonds. The third kappa shape index (κ3) is 4.98. The number of para-hydroxylation sites is 2. The number of imide groups is 1. The van der Waals surface area contributed by atoms with Gasteiger partial charge in [-0.2, -0.15) is 0 Å². The predicted octanol–water partition coefficient (Wildman–Crippen LogP) is 8.78. The molecule has 6 aromatic rings. The van der Waals surface area contributed by atoms with Gasteiger partial charge in [0.1, 0.15) is 0 Å². The zero-order chi connectivity index (χ0) is 29.5. The number of amides is 2. The average molecular weight is 600 g/mol. The summed E-state index contributed by atoms with van der Waals surface area (Å²) >= 11 is 3.50. The highest BCUT2D eigenvalue weighted by molar-refractivity contribution is 7.99. The maximum absolute atomic E-state index is 13.6. The Bertz CT molecular complexity index is 1880. The number of hydrogen-bond donors (Lipinski definition) is 1. The average Bonchev–Trinajstić information content (AvgIpc) is 3.68. The number of benzene rings is 4. The SMILES string of the molecule is CC(Sc1ccccc1)n1cc(C2=C(c3cn(C(C)Sc4ccccc4)c4ccccc34)C(=O)NC2=O)c2ccccc21. The first-order chi connectivity index (χ1) is 21.0. The van der Waals surface area contributed by atoms with Crippen LogP contribution >= 0.6 is 23.5 Å². The molecule has 0 fully saturated rings. The van der Waals surface area contributed by atoms with Crippen LogP contribution in [-0.2, 0) is 9.59 Å². The largest absolute Gasteiger partial charge is 0.334 e. The first-order valence-corrected chi connectivity index (χ1v) is 16.0. The highest BCUT2D eigenvalue weighted by Crippen LogP contribution is 2.43. The van der Waals surface area contributed by atoms with Crippen LogP contribution in [0.1, 0.15) is 35.7 Å². The summed E-state index contributed by atoms with van der Waals surface area (Å²) in [4.78, 5) is 29.5. The smallest absolute Gasteiger partial charge is 0.259 e. The van der Waals surface area contributed by atoms with E-state index in [2.05, 4.69) is 64.7 Å². The first kappa shape index (κ1) is 27.4. The number of hydrogen-bond acceptors (Lipinski definition) is 4. The molecule has 2 atom stereocenters. The van der Waals surface area contributed by atoms with Gasteiger partial charge in [-0.25, -0.2) is 0 Å². The van der Waals surface area contributed by atoms with Crippen molar-refractivity contribution in [3.63, 3.8) is 0 Å². The zero-order valence-corrected chi connectivity index (χ0v) is 25.4. The topological polar surface area (TPSA) is 56.0 Å². The molecule has 0 spiro atoms. The summed E-state index contributed by atoms with van der Waals surface area (Å²) in [5, 5.41) is 4.62. The van der Waals surface area contributed by atoms with Gasteiger partial charge in [-0.3, -0.25) is 14.9 Å². The Kier molecular flexibility index (Phi) is 7.21. The molecule has 3 heterocycles. The Morgan fingerprint density at radius 2 is 0.907 bits per heavy atom. The Morgan fingerprint density at radius 1 is 0.535 bits per heavy atom. The maximum Gasteiger partial charge on any atom is 0.259 e. The van der Waals surface area contributed by atoms with Gasteiger partial charge < -0.3 is 9.13 Å². The molecule has 0 radical (unpaired) electrons. The van der Waals surface area contributed by atoms with Crippen LogP contribution in [0.15, 0.2) is 131 Å². The number of rotatable bonds is 8. The van der Waals surface area contributed by atoms with Gasteiger partial charge in [0.25, 0.3) is 11.8 Å². The lowest BCUT2D eigenvalue weighted by Crippen LogP contribution is -2.22. The van der Waals surface area contributed by atoms with E-state index >= 15 is 0 Å². The van der Waals surface area contributed by atoms with Crippen LogP contribution < -0.4 is 5.32 Å². The standard InChI is InChI=1S/C36H29N3O2S2/c1-23(42-25-13-5-3-6-14-25)38-21-29(27-17-9-11-19-31(27)38)33-34(36(41)37-35(33)40)30-22-39(32-20-12-10-18-28(30)32)24(2)43-26-15-7-4-8-16-26/h3-24H,1-2H3,(H,37,40,41). The van der Waals surface area contributed by atoms with Crippen molar-refractivity contribution in [2.75, 3.05) is 0 Å². The van der Waals surface area contributed by atoms with Crippen molar-refractivity contribution in [2.45, 2.75) is 34.4 Å². The second kappa shape index (κ2) is 11.3. The summed E-state index contributed by atoms with van der Waals surface area (Å²) in [5.74, 6) is -0.732. The van der Waals surface area contributed by atoms with E-state index in [-0.39, 0.29) is 22.6 Å². The number of thioether (sulfide) groups is 2. The minimum atomic E-state index is -0.366. The minimum Gasteiger partial charge on any atom is -0.334 e. The van der Waals surface area contributed by atoms with E-state index in [9.17, 15) is 9.59 Å². The van der Waals surface area contributed by atoms with Crippen LogP contribution in [-0.4, -0.2) is 20.9 Å². The number of carbonyl (C=O) groups excluding carboxylic acids is 2. The second-order valence-corrected chi connectivity index (χ2v) is 13.3. The molecular weight excluding hydrogens is 571 g/mol. The van der Waals surface area contributed by atoms with E-state index in [1.807, 2.05) is 85.2 Å². The number of fused-ring (bicyclic) bond motifs is 2. The summed E-state index contributed by atoms with van der Waals surface area (Å²) in [6.45, 7) is 4.31. The molecule has 7 rings (SSSR count). The van der Waals surface area contributed by atoms with Crippen molar-refractivity contribution in [3.8, 4) is 0 Å². The van der Waals surface area contributed by atoms with Gasteiger partial charge in [0.2, 0.25) is 0 Å². The van der Waals surface area contributed by atoms with Crippen LogP contribution in [0, 0.1) is 0 Å². The Morgan fingerprint density at radius 3 is 1.33 bits per heavy atom. The van der Waals surface area contributed by atoms with Crippen LogP contribution in [0.2, 0.25) is 0 Å². The highest BCUT2D eigenvalue weighted by Gasteiger charge is 2.36. The molecule has 0 saturated carbocycles. The van der Waals surface area contributed by atoms with Crippen molar-refractivity contribution in [3.05, 3.63) is 133 Å². The quantitative estimate of drug-likeness (QED) is 0.140. The van der Waals surface area contributed by atoms with Gasteiger partial charge in [0.05, 0.1) is 21.9 Å². The molecule has 0 saturated heterocycles. The van der Waals surface area contributed by atoms with Gasteiger partial charge in [-0.05, 0) is 50.2 Å². The van der Waals surface area contributed by atoms with Crippen LogP contribution in [0.4, 0.5) is 0 Å².